The van der Waals surface area contributed by atoms with Gasteiger partial charge < -0.3 is 9.88 Å². The summed E-state index contributed by atoms with van der Waals surface area (Å²) < 4.78 is 14.6. The van der Waals surface area contributed by atoms with E-state index in [2.05, 4.69) is 25.9 Å². The molecule has 1 aromatic heterocycles. The van der Waals surface area contributed by atoms with Crippen molar-refractivity contribution in [2.24, 2.45) is 0 Å². The Morgan fingerprint density at radius 3 is 2.80 bits per heavy atom. The molecule has 2 aromatic carbocycles. The maximum atomic E-state index is 14.0. The van der Waals surface area contributed by atoms with Crippen LogP contribution >= 0.6 is 15.9 Å². The first-order valence-electron chi connectivity index (χ1n) is 7.72. The topological polar surface area (TPSA) is 66.1 Å². The summed E-state index contributed by atoms with van der Waals surface area (Å²) in [7, 11) is 0. The number of carbonyl (C=O) groups excluding carboxylic acids is 1. The summed E-state index contributed by atoms with van der Waals surface area (Å²) in [6, 6.07) is 11.2. The lowest BCUT2D eigenvalue weighted by atomic mass is 10.2. The average molecular weight is 404 g/mol. The van der Waals surface area contributed by atoms with E-state index >= 15 is 0 Å². The molecule has 0 spiro atoms. The highest BCUT2D eigenvalue weighted by atomic mass is 79.9. The molecule has 1 amide bonds. The molecule has 0 fully saturated rings. The number of rotatable bonds is 4. The molecule has 0 bridgehead atoms. The number of para-hydroxylation sites is 1. The zero-order valence-corrected chi connectivity index (χ0v) is 15.0. The van der Waals surface area contributed by atoms with E-state index in [4.69, 9.17) is 0 Å². The first-order chi connectivity index (χ1) is 12.0. The summed E-state index contributed by atoms with van der Waals surface area (Å²) in [5.74, 6) is -0.696. The first kappa shape index (κ1) is 17.3. The molecular formula is C18H15BrFN3O2. The van der Waals surface area contributed by atoms with Crippen LogP contribution in [0.1, 0.15) is 23.1 Å². The molecule has 0 saturated carbocycles. The molecule has 25 heavy (non-hydrogen) atoms. The molecule has 0 radical (unpaired) electrons. The maximum absolute atomic E-state index is 14.0. The fourth-order valence-electron chi connectivity index (χ4n) is 2.55. The van der Waals surface area contributed by atoms with Gasteiger partial charge in [0.1, 0.15) is 11.6 Å². The van der Waals surface area contributed by atoms with Gasteiger partial charge in [0.25, 0.3) is 11.5 Å². The largest absolute Gasteiger partial charge is 0.331 e. The fraction of sp³-hybridized carbons (Fsp3) is 0.167. The second-order valence-electron chi connectivity index (χ2n) is 5.47. The van der Waals surface area contributed by atoms with Crippen molar-refractivity contribution < 1.29 is 9.18 Å². The van der Waals surface area contributed by atoms with Gasteiger partial charge in [0.2, 0.25) is 0 Å². The number of benzene rings is 2. The van der Waals surface area contributed by atoms with Crippen LogP contribution in [0.3, 0.4) is 0 Å². The molecular weight excluding hydrogens is 389 g/mol. The van der Waals surface area contributed by atoms with Crippen molar-refractivity contribution in [3.8, 4) is 0 Å². The summed E-state index contributed by atoms with van der Waals surface area (Å²) in [5.41, 5.74) is 0.260. The Morgan fingerprint density at radius 2 is 2.04 bits per heavy atom. The van der Waals surface area contributed by atoms with Crippen LogP contribution in [0.4, 0.5) is 4.39 Å². The number of aromatic amines is 1. The molecule has 0 aliphatic heterocycles. The number of halogens is 2. The second kappa shape index (κ2) is 7.14. The minimum absolute atomic E-state index is 0.0284. The molecule has 1 heterocycles. The highest BCUT2D eigenvalue weighted by Crippen LogP contribution is 2.18. The Hall–Kier alpha value is -2.54. The molecule has 1 N–H and O–H groups in total. The van der Waals surface area contributed by atoms with Gasteiger partial charge >= 0.3 is 0 Å². The van der Waals surface area contributed by atoms with E-state index < -0.39 is 11.7 Å². The number of nitrogens with zero attached hydrogens (tertiary/aromatic N) is 2. The lowest BCUT2D eigenvalue weighted by molar-refractivity contribution is 0.0743. The highest BCUT2D eigenvalue weighted by Gasteiger charge is 2.20. The number of nitrogens with one attached hydrogen (secondary N) is 1. The number of carbonyl (C=O) groups is 1. The van der Waals surface area contributed by atoms with Crippen molar-refractivity contribution in [3.63, 3.8) is 0 Å². The Balaban J connectivity index is 1.93. The lowest BCUT2D eigenvalue weighted by Gasteiger charge is -2.21. The van der Waals surface area contributed by atoms with Gasteiger partial charge in [-0.25, -0.2) is 9.37 Å². The van der Waals surface area contributed by atoms with E-state index in [-0.39, 0.29) is 17.7 Å². The third kappa shape index (κ3) is 3.61. The minimum atomic E-state index is -0.591. The number of hydrogen-bond acceptors (Lipinski definition) is 3. The molecule has 0 unspecified atom stereocenters. The Bertz CT molecular complexity index is 1000. The molecule has 0 aliphatic rings. The van der Waals surface area contributed by atoms with Crippen LogP contribution in [0.15, 0.2) is 51.7 Å². The number of amides is 1. The fourth-order valence-corrected chi connectivity index (χ4v) is 2.91. The molecule has 3 rings (SSSR count). The minimum Gasteiger partial charge on any atom is -0.331 e. The van der Waals surface area contributed by atoms with Gasteiger partial charge in [0.05, 0.1) is 23.0 Å². The second-order valence-corrected chi connectivity index (χ2v) is 6.39. The SMILES string of the molecule is CCN(Cc1nc2ccccc2c(=O)[nH]1)C(=O)c1cc(Br)ccc1F. The van der Waals surface area contributed by atoms with Crippen LogP contribution in [-0.2, 0) is 6.54 Å². The number of aromatic nitrogens is 2. The molecule has 3 aromatic rings. The third-order valence-electron chi connectivity index (χ3n) is 3.83. The van der Waals surface area contributed by atoms with Crippen molar-refractivity contribution in [1.82, 2.24) is 14.9 Å². The molecule has 128 valence electrons. The van der Waals surface area contributed by atoms with E-state index in [0.717, 1.165) is 0 Å². The quantitative estimate of drug-likeness (QED) is 0.724. The van der Waals surface area contributed by atoms with Gasteiger partial charge in [-0.05, 0) is 37.3 Å². The summed E-state index contributed by atoms with van der Waals surface area (Å²) in [4.78, 5) is 33.3. The van der Waals surface area contributed by atoms with Gasteiger partial charge in [-0.15, -0.1) is 0 Å². The van der Waals surface area contributed by atoms with Crippen molar-refractivity contribution in [3.05, 3.63) is 74.5 Å². The van der Waals surface area contributed by atoms with E-state index in [9.17, 15) is 14.0 Å². The van der Waals surface area contributed by atoms with Crippen LogP contribution in [0.25, 0.3) is 10.9 Å². The van der Waals surface area contributed by atoms with Gasteiger partial charge in [-0.1, -0.05) is 28.1 Å². The highest BCUT2D eigenvalue weighted by molar-refractivity contribution is 9.10. The van der Waals surface area contributed by atoms with Gasteiger partial charge in [-0.3, -0.25) is 9.59 Å². The van der Waals surface area contributed by atoms with Crippen LogP contribution < -0.4 is 5.56 Å². The summed E-state index contributed by atoms with van der Waals surface area (Å²) in [6.45, 7) is 2.22. The molecule has 5 nitrogen and oxygen atoms in total. The Morgan fingerprint density at radius 1 is 1.28 bits per heavy atom. The maximum Gasteiger partial charge on any atom is 0.258 e. The molecule has 0 saturated heterocycles. The van der Waals surface area contributed by atoms with Crippen LogP contribution in [-0.4, -0.2) is 27.3 Å². The van der Waals surface area contributed by atoms with Gasteiger partial charge in [0, 0.05) is 11.0 Å². The average Bonchev–Trinajstić information content (AvgIpc) is 2.61. The number of H-pyrrole nitrogens is 1. The summed E-state index contributed by atoms with van der Waals surface area (Å²) in [6.07, 6.45) is 0. The molecule has 0 aliphatic carbocycles. The predicted octanol–water partition coefficient (Wildman–Crippen LogP) is 3.49. The summed E-state index contributed by atoms with van der Waals surface area (Å²) >= 11 is 3.24. The normalized spacial score (nSPS) is 10.8. The Labute approximate surface area is 151 Å². The molecule has 0 atom stereocenters. The Kier molecular flexibility index (Phi) is 4.94. The van der Waals surface area contributed by atoms with Gasteiger partial charge in [-0.2, -0.15) is 0 Å². The zero-order valence-electron chi connectivity index (χ0n) is 13.4. The predicted molar refractivity (Wildman–Crippen MR) is 96.9 cm³/mol. The number of fused-ring (bicyclic) bond motifs is 1. The van der Waals surface area contributed by atoms with Crippen molar-refractivity contribution in [2.45, 2.75) is 13.5 Å². The first-order valence-corrected chi connectivity index (χ1v) is 8.51. The van der Waals surface area contributed by atoms with Crippen LogP contribution in [0.5, 0.6) is 0 Å². The van der Waals surface area contributed by atoms with Crippen molar-refractivity contribution in [1.29, 1.82) is 0 Å². The van der Waals surface area contributed by atoms with E-state index in [0.29, 0.717) is 27.7 Å². The monoisotopic (exact) mass is 403 g/mol. The van der Waals surface area contributed by atoms with E-state index in [1.54, 1.807) is 31.2 Å². The van der Waals surface area contributed by atoms with Crippen molar-refractivity contribution in [2.75, 3.05) is 6.54 Å². The van der Waals surface area contributed by atoms with Gasteiger partial charge in [0.15, 0.2) is 0 Å². The van der Waals surface area contributed by atoms with Crippen LogP contribution in [0.2, 0.25) is 0 Å². The summed E-state index contributed by atoms with van der Waals surface area (Å²) in [5, 5.41) is 0.485. The standard InChI is InChI=1S/C18H15BrFN3O2/c1-2-23(18(25)13-9-11(19)7-8-14(13)20)10-16-21-15-6-4-3-5-12(15)17(24)22-16/h3-9H,2,10H2,1H3,(H,21,22,24). The molecule has 7 heteroatoms. The number of hydrogen-bond donors (Lipinski definition) is 1. The third-order valence-corrected chi connectivity index (χ3v) is 4.32. The lowest BCUT2D eigenvalue weighted by Crippen LogP contribution is -2.32. The smallest absolute Gasteiger partial charge is 0.258 e. The van der Waals surface area contributed by atoms with Crippen molar-refractivity contribution >= 4 is 32.7 Å². The van der Waals surface area contributed by atoms with E-state index in [1.807, 2.05) is 0 Å². The van der Waals surface area contributed by atoms with Crippen LogP contribution in [0, 0.1) is 5.82 Å². The van der Waals surface area contributed by atoms with E-state index in [1.165, 1.54) is 23.1 Å². The zero-order chi connectivity index (χ0) is 18.0.